The van der Waals surface area contributed by atoms with Crippen LogP contribution < -0.4 is 4.90 Å². The van der Waals surface area contributed by atoms with Crippen LogP contribution in [0.2, 0.25) is 0 Å². The molecule has 1 aliphatic rings. The van der Waals surface area contributed by atoms with Crippen LogP contribution >= 0.6 is 0 Å². The Morgan fingerprint density at radius 3 is 2.71 bits per heavy atom. The fourth-order valence-corrected chi connectivity index (χ4v) is 2.97. The Morgan fingerprint density at radius 1 is 1.29 bits per heavy atom. The summed E-state index contributed by atoms with van der Waals surface area (Å²) in [6, 6.07) is 4.51. The summed E-state index contributed by atoms with van der Waals surface area (Å²) >= 11 is 0. The van der Waals surface area contributed by atoms with Crippen LogP contribution in [-0.4, -0.2) is 28.2 Å². The zero-order valence-electron chi connectivity index (χ0n) is 13.7. The molecule has 3 rings (SSSR count). The van der Waals surface area contributed by atoms with Gasteiger partial charge in [0.2, 0.25) is 0 Å². The van der Waals surface area contributed by atoms with E-state index in [1.54, 1.807) is 12.1 Å². The fraction of sp³-hybridized carbons (Fsp3) is 0.263. The Kier molecular flexibility index (Phi) is 4.60. The van der Waals surface area contributed by atoms with Gasteiger partial charge in [-0.1, -0.05) is 18.7 Å². The van der Waals surface area contributed by atoms with E-state index < -0.39 is 0 Å². The molecule has 0 amide bonds. The summed E-state index contributed by atoms with van der Waals surface area (Å²) in [5, 5.41) is 10.9. The Hall–Kier alpha value is -2.69. The Balaban J connectivity index is 2.21. The van der Waals surface area contributed by atoms with Gasteiger partial charge in [-0.15, -0.1) is 0 Å². The summed E-state index contributed by atoms with van der Waals surface area (Å²) < 4.78 is 13.7. The van der Waals surface area contributed by atoms with E-state index in [1.807, 2.05) is 6.92 Å². The van der Waals surface area contributed by atoms with Gasteiger partial charge in [-0.05, 0) is 44.0 Å². The molecule has 1 fully saturated rings. The first-order valence-corrected chi connectivity index (χ1v) is 8.05. The second-order valence-corrected chi connectivity index (χ2v) is 5.72. The molecule has 0 radical (unpaired) electrons. The van der Waals surface area contributed by atoms with Gasteiger partial charge in [0.1, 0.15) is 17.4 Å². The minimum atomic E-state index is -0.306. The van der Waals surface area contributed by atoms with Gasteiger partial charge < -0.3 is 10.0 Å². The third-order valence-electron chi connectivity index (χ3n) is 4.12. The summed E-state index contributed by atoms with van der Waals surface area (Å²) in [5.74, 6) is 0.896. The van der Waals surface area contributed by atoms with Crippen molar-refractivity contribution in [1.82, 2.24) is 9.97 Å². The smallest absolute Gasteiger partial charge is 0.165 e. The molecule has 24 heavy (non-hydrogen) atoms. The van der Waals surface area contributed by atoms with Gasteiger partial charge in [-0.2, -0.15) is 0 Å². The van der Waals surface area contributed by atoms with Gasteiger partial charge in [0, 0.05) is 18.5 Å². The molecule has 0 atom stereocenters. The Morgan fingerprint density at radius 2 is 2.04 bits per heavy atom. The number of benzene rings is 1. The minimum absolute atomic E-state index is 0.0568. The second-order valence-electron chi connectivity index (χ2n) is 5.72. The Bertz CT molecular complexity index is 836. The third kappa shape index (κ3) is 3.02. The van der Waals surface area contributed by atoms with Gasteiger partial charge in [-0.3, -0.25) is 0 Å². The molecule has 0 saturated carbocycles. The van der Waals surface area contributed by atoms with Crippen molar-refractivity contribution in [2.45, 2.75) is 19.8 Å². The highest BCUT2D eigenvalue weighted by Gasteiger charge is 2.20. The Labute approximate surface area is 140 Å². The van der Waals surface area contributed by atoms with Gasteiger partial charge >= 0.3 is 0 Å². The van der Waals surface area contributed by atoms with E-state index in [0.29, 0.717) is 22.3 Å². The number of hydrogen-bond donors (Lipinski definition) is 1. The van der Waals surface area contributed by atoms with Crippen LogP contribution in [0.15, 0.2) is 48.8 Å². The third-order valence-corrected chi connectivity index (χ3v) is 4.12. The predicted octanol–water partition coefficient (Wildman–Crippen LogP) is 4.40. The van der Waals surface area contributed by atoms with E-state index in [0.717, 1.165) is 31.7 Å². The first-order valence-electron chi connectivity index (χ1n) is 8.05. The molecule has 1 aliphatic heterocycles. The van der Waals surface area contributed by atoms with E-state index in [4.69, 9.17) is 0 Å². The van der Waals surface area contributed by atoms with Crippen LogP contribution in [0, 0.1) is 5.82 Å². The van der Waals surface area contributed by atoms with Crippen molar-refractivity contribution in [3.8, 4) is 0 Å². The van der Waals surface area contributed by atoms with Crippen molar-refractivity contribution in [2.75, 3.05) is 18.0 Å². The van der Waals surface area contributed by atoms with Crippen LogP contribution in [0.1, 0.15) is 25.6 Å². The first kappa shape index (κ1) is 16.2. The number of fused-ring (bicyclic) bond motifs is 1. The maximum Gasteiger partial charge on any atom is 0.165 e. The fourth-order valence-electron chi connectivity index (χ4n) is 2.97. The molecule has 4 nitrogen and oxygen atoms in total. The van der Waals surface area contributed by atoms with Crippen LogP contribution in [0.5, 0.6) is 0 Å². The van der Waals surface area contributed by atoms with Crippen LogP contribution in [0.3, 0.4) is 0 Å². The average molecular weight is 325 g/mol. The van der Waals surface area contributed by atoms with Gasteiger partial charge in [0.05, 0.1) is 11.1 Å². The van der Waals surface area contributed by atoms with Crippen molar-refractivity contribution < 1.29 is 9.50 Å². The maximum atomic E-state index is 13.7. The lowest BCUT2D eigenvalue weighted by atomic mass is 10.1. The molecule has 0 unspecified atom stereocenters. The number of hydrogen-bond acceptors (Lipinski definition) is 4. The van der Waals surface area contributed by atoms with E-state index in [-0.39, 0.29) is 11.6 Å². The molecule has 0 aliphatic carbocycles. The maximum absolute atomic E-state index is 13.7. The predicted molar refractivity (Wildman–Crippen MR) is 95.5 cm³/mol. The van der Waals surface area contributed by atoms with E-state index in [2.05, 4.69) is 21.4 Å². The quantitative estimate of drug-likeness (QED) is 0.668. The molecule has 5 heteroatoms. The topological polar surface area (TPSA) is 49.3 Å². The number of anilines is 1. The number of aliphatic hydroxyl groups excluding tert-OH is 1. The monoisotopic (exact) mass is 325 g/mol. The van der Waals surface area contributed by atoms with E-state index >= 15 is 0 Å². The lowest BCUT2D eigenvalue weighted by Gasteiger charge is -2.19. The van der Waals surface area contributed by atoms with Crippen LogP contribution in [0.4, 0.5) is 10.2 Å². The highest BCUT2D eigenvalue weighted by molar-refractivity contribution is 5.91. The highest BCUT2D eigenvalue weighted by atomic mass is 19.1. The van der Waals surface area contributed by atoms with E-state index in [1.165, 1.54) is 24.3 Å². The molecule has 2 heterocycles. The molecule has 1 N–H and O–H groups in total. The standard InChI is InChI=1S/C19H20FN3O/c1-3-7-17(24)14(4-2)18-21-16-9-8-13(20)12-15(16)19(22-18)23-10-5-6-11-23/h3-4,7-9,12,24H,1,5-6,10-11H2,2H3/b14-4+,17-7+. The van der Waals surface area contributed by atoms with Gasteiger partial charge in [0.15, 0.2) is 5.82 Å². The summed E-state index contributed by atoms with van der Waals surface area (Å²) in [6.45, 7) is 7.19. The molecule has 1 saturated heterocycles. The average Bonchev–Trinajstić information content (AvgIpc) is 3.09. The van der Waals surface area contributed by atoms with Crippen molar-refractivity contribution in [3.05, 3.63) is 60.4 Å². The summed E-state index contributed by atoms with van der Waals surface area (Å²) in [5.41, 5.74) is 1.19. The zero-order valence-corrected chi connectivity index (χ0v) is 13.7. The molecule has 124 valence electrons. The molecular weight excluding hydrogens is 305 g/mol. The molecule has 0 spiro atoms. The molecular formula is C19H20FN3O. The number of aliphatic hydroxyl groups is 1. The molecule has 1 aromatic heterocycles. The van der Waals surface area contributed by atoms with Gasteiger partial charge in [0.25, 0.3) is 0 Å². The lowest BCUT2D eigenvalue weighted by Crippen LogP contribution is -2.20. The number of halogens is 1. The van der Waals surface area contributed by atoms with Crippen LogP contribution in [0.25, 0.3) is 16.5 Å². The summed E-state index contributed by atoms with van der Waals surface area (Å²) in [6.07, 6.45) is 6.95. The van der Waals surface area contributed by atoms with Crippen molar-refractivity contribution >= 4 is 22.3 Å². The van der Waals surface area contributed by atoms with Crippen molar-refractivity contribution in [3.63, 3.8) is 0 Å². The summed E-state index contributed by atoms with van der Waals surface area (Å²) in [7, 11) is 0. The summed E-state index contributed by atoms with van der Waals surface area (Å²) in [4.78, 5) is 11.3. The number of rotatable bonds is 4. The first-order chi connectivity index (χ1) is 11.6. The number of nitrogens with zero attached hydrogens (tertiary/aromatic N) is 3. The largest absolute Gasteiger partial charge is 0.507 e. The molecule has 1 aromatic carbocycles. The van der Waals surface area contributed by atoms with Crippen LogP contribution in [-0.2, 0) is 0 Å². The normalized spacial score (nSPS) is 16.0. The van der Waals surface area contributed by atoms with Crippen molar-refractivity contribution in [2.24, 2.45) is 0 Å². The second kappa shape index (κ2) is 6.83. The van der Waals surface area contributed by atoms with Gasteiger partial charge in [-0.25, -0.2) is 14.4 Å². The highest BCUT2D eigenvalue weighted by Crippen LogP contribution is 2.30. The SMILES string of the molecule is C=C/C=C(O)\C(=C/C)c1nc(N2CCCC2)c2cc(F)ccc2n1. The van der Waals surface area contributed by atoms with E-state index in [9.17, 15) is 9.50 Å². The number of aromatic nitrogens is 2. The minimum Gasteiger partial charge on any atom is -0.507 e. The molecule has 2 aromatic rings. The van der Waals surface area contributed by atoms with Crippen molar-refractivity contribution in [1.29, 1.82) is 0 Å². The molecule has 0 bridgehead atoms. The lowest BCUT2D eigenvalue weighted by molar-refractivity contribution is 0.437. The zero-order chi connectivity index (χ0) is 17.1. The number of allylic oxidation sites excluding steroid dienone is 4.